The molecular weight excluding hydrogens is 240 g/mol. The molecule has 1 rings (SSSR count). The second-order valence-electron chi connectivity index (χ2n) is 3.48. The Kier molecular flexibility index (Phi) is 4.16. The van der Waals surface area contributed by atoms with Crippen LogP contribution in [0.2, 0.25) is 0 Å². The lowest BCUT2D eigenvalue weighted by atomic mass is 9.94. The van der Waals surface area contributed by atoms with Crippen LogP contribution in [0.25, 0.3) is 0 Å². The van der Waals surface area contributed by atoms with Crippen molar-refractivity contribution < 1.29 is 35.1 Å². The van der Waals surface area contributed by atoms with Gasteiger partial charge in [-0.1, -0.05) is 0 Å². The molecule has 0 unspecified atom stereocenters. The lowest BCUT2D eigenvalue weighted by molar-refractivity contribution is -0.203. The molecule has 0 bridgehead atoms. The minimum absolute atomic E-state index is 0.738. The van der Waals surface area contributed by atoms with Gasteiger partial charge in [0.05, 0.1) is 17.6 Å². The smallest absolute Gasteiger partial charge is 0.314 e. The zero-order valence-corrected chi connectivity index (χ0v) is 8.99. The Morgan fingerprint density at radius 1 is 1.56 bits per heavy atom. The Bertz CT molecular complexity index is 273. The molecule has 1 heterocycles. The number of ether oxygens (including phenoxy) is 1. The third-order valence-electron chi connectivity index (χ3n) is 2.27. The maximum Gasteiger partial charge on any atom is 0.314 e. The maximum absolute atomic E-state index is 10.8. The van der Waals surface area contributed by atoms with E-state index in [0.29, 0.717) is 0 Å². The van der Waals surface area contributed by atoms with E-state index in [-0.39, 0.29) is 0 Å². The summed E-state index contributed by atoms with van der Waals surface area (Å²) in [5.74, 6) is -1.49. The van der Waals surface area contributed by atoms with Gasteiger partial charge >= 0.3 is 5.97 Å². The molecule has 0 radical (unpaired) electrons. The average Bonchev–Trinajstić information content (AvgIpc) is 2.22. The van der Waals surface area contributed by atoms with Crippen LogP contribution in [0.5, 0.6) is 0 Å². The topological polar surface area (TPSA) is 127 Å². The van der Waals surface area contributed by atoms with Gasteiger partial charge in [-0.25, -0.2) is 6.42 Å². The fraction of sp³-hybridized carbons (Fsp3) is 0.750. The van der Waals surface area contributed by atoms with Crippen LogP contribution in [0.15, 0.2) is 0 Å². The molecule has 0 aromatic heterocycles. The minimum Gasteiger partial charge on any atom is -0.481 e. The third kappa shape index (κ3) is 2.47. The lowest BCUT2D eigenvalue weighted by Gasteiger charge is -2.49. The molecule has 7 nitrogen and oxygen atoms in total. The van der Waals surface area contributed by atoms with Crippen LogP contribution < -0.4 is 0 Å². The van der Waals surface area contributed by atoms with Crippen molar-refractivity contribution in [2.75, 3.05) is 6.61 Å². The van der Waals surface area contributed by atoms with E-state index >= 15 is 0 Å². The number of carboxylic acids is 1. The molecule has 1 aliphatic heterocycles. The standard InChI is InChI=1S/C8H13O7S/c9-2-4(11)6-5(12)3(10)1-8(16,15-6)7(13)14/h1,3-6,9-12,16H,2H2,(H,13,14)/q-1/t3-,4-,5-,6-,8+/m1/s1. The summed E-state index contributed by atoms with van der Waals surface area (Å²) >= 11 is 3.70. The number of carbonyl (C=O) groups is 1. The number of aliphatic carboxylic acids is 1. The zero-order chi connectivity index (χ0) is 12.5. The van der Waals surface area contributed by atoms with Crippen molar-refractivity contribution in [2.45, 2.75) is 29.3 Å². The first kappa shape index (κ1) is 13.7. The summed E-state index contributed by atoms with van der Waals surface area (Å²) in [5, 5.41) is 45.6. The van der Waals surface area contributed by atoms with E-state index in [1.165, 1.54) is 0 Å². The summed E-state index contributed by atoms with van der Waals surface area (Å²) in [6.07, 6.45) is -5.19. The van der Waals surface area contributed by atoms with Crippen LogP contribution in [0.3, 0.4) is 0 Å². The summed E-state index contributed by atoms with van der Waals surface area (Å²) in [4.78, 5) is 8.70. The molecule has 5 N–H and O–H groups in total. The number of aliphatic hydroxyl groups is 4. The van der Waals surface area contributed by atoms with E-state index in [9.17, 15) is 20.1 Å². The van der Waals surface area contributed by atoms with E-state index in [1.807, 2.05) is 0 Å². The average molecular weight is 253 g/mol. The quantitative estimate of drug-likeness (QED) is 0.240. The summed E-state index contributed by atoms with van der Waals surface area (Å²) in [6, 6.07) is 0. The molecule has 0 spiro atoms. The number of aliphatic hydroxyl groups excluding tert-OH is 4. The van der Waals surface area contributed by atoms with Crippen molar-refractivity contribution in [3.05, 3.63) is 6.42 Å². The molecule has 0 aromatic carbocycles. The molecule has 0 amide bonds. The minimum atomic E-state index is -2.11. The first-order valence-corrected chi connectivity index (χ1v) is 4.91. The van der Waals surface area contributed by atoms with Gasteiger partial charge in [0, 0.05) is 0 Å². The first-order valence-electron chi connectivity index (χ1n) is 4.46. The highest BCUT2D eigenvalue weighted by atomic mass is 32.1. The highest BCUT2D eigenvalue weighted by Gasteiger charge is 2.43. The van der Waals surface area contributed by atoms with Gasteiger partial charge in [-0.2, -0.15) is 12.6 Å². The van der Waals surface area contributed by atoms with Crippen molar-refractivity contribution in [2.24, 2.45) is 0 Å². The van der Waals surface area contributed by atoms with Gasteiger partial charge in [-0.05, 0) is 6.10 Å². The fourth-order valence-corrected chi connectivity index (χ4v) is 1.65. The lowest BCUT2D eigenvalue weighted by Crippen LogP contribution is -2.60. The van der Waals surface area contributed by atoms with Crippen LogP contribution in [0, 0.1) is 6.42 Å². The van der Waals surface area contributed by atoms with Crippen LogP contribution >= 0.6 is 12.6 Å². The van der Waals surface area contributed by atoms with Gasteiger partial charge in [0.2, 0.25) is 0 Å². The Labute approximate surface area is 96.7 Å². The van der Waals surface area contributed by atoms with Crippen molar-refractivity contribution in [1.29, 1.82) is 0 Å². The predicted octanol–water partition coefficient (Wildman–Crippen LogP) is -2.62. The molecule has 0 saturated carbocycles. The van der Waals surface area contributed by atoms with Crippen molar-refractivity contribution in [3.63, 3.8) is 0 Å². The third-order valence-corrected chi connectivity index (χ3v) is 2.72. The zero-order valence-electron chi connectivity index (χ0n) is 8.09. The normalized spacial score (nSPS) is 41.7. The molecule has 16 heavy (non-hydrogen) atoms. The van der Waals surface area contributed by atoms with Crippen LogP contribution in [-0.2, 0) is 9.53 Å². The highest BCUT2D eigenvalue weighted by Crippen LogP contribution is 2.33. The first-order chi connectivity index (χ1) is 7.31. The Morgan fingerprint density at radius 2 is 2.12 bits per heavy atom. The number of thiol groups is 1. The molecule has 1 saturated heterocycles. The van der Waals surface area contributed by atoms with Gasteiger partial charge in [0.1, 0.15) is 12.2 Å². The number of carboxylic acid groups (broad SMARTS) is 1. The number of hydrogen-bond acceptors (Lipinski definition) is 7. The Hall–Kier alpha value is -0.380. The van der Waals surface area contributed by atoms with Gasteiger partial charge in [0.15, 0.2) is 0 Å². The molecule has 0 aromatic rings. The van der Waals surface area contributed by atoms with Crippen LogP contribution in [0.4, 0.5) is 0 Å². The van der Waals surface area contributed by atoms with Crippen LogP contribution in [0.1, 0.15) is 0 Å². The van der Waals surface area contributed by atoms with Gasteiger partial charge in [-0.3, -0.25) is 4.79 Å². The molecular formula is C8H13O7S-. The summed E-state index contributed by atoms with van der Waals surface area (Å²) in [5.41, 5.74) is 0. The number of hydrogen-bond donors (Lipinski definition) is 6. The Balaban J connectivity index is 2.89. The number of rotatable bonds is 3. The van der Waals surface area contributed by atoms with E-state index in [4.69, 9.17) is 14.9 Å². The highest BCUT2D eigenvalue weighted by molar-refractivity contribution is 7.82. The van der Waals surface area contributed by atoms with Crippen molar-refractivity contribution in [3.8, 4) is 0 Å². The van der Waals surface area contributed by atoms with E-state index in [1.54, 1.807) is 0 Å². The van der Waals surface area contributed by atoms with E-state index in [2.05, 4.69) is 12.6 Å². The molecule has 94 valence electrons. The van der Waals surface area contributed by atoms with Gasteiger partial charge < -0.3 is 30.3 Å². The second kappa shape index (κ2) is 4.86. The molecule has 0 aliphatic carbocycles. The predicted molar refractivity (Wildman–Crippen MR) is 53.6 cm³/mol. The SMILES string of the molecule is O=C(O)[C@@]1(S)[CH-][C@@H](O)[C@@H](O)[C@@H]([C@H](O)CO)O1. The molecule has 1 fully saturated rings. The van der Waals surface area contributed by atoms with Gasteiger partial charge in [-0.15, -0.1) is 0 Å². The van der Waals surface area contributed by atoms with Gasteiger partial charge in [0.25, 0.3) is 0 Å². The largest absolute Gasteiger partial charge is 0.481 e. The second-order valence-corrected chi connectivity index (χ2v) is 4.15. The molecule has 1 aliphatic rings. The Morgan fingerprint density at radius 3 is 2.56 bits per heavy atom. The summed E-state index contributed by atoms with van der Waals surface area (Å²) in [6.45, 7) is -0.738. The summed E-state index contributed by atoms with van der Waals surface area (Å²) < 4.78 is 4.86. The van der Waals surface area contributed by atoms with E-state index in [0.717, 1.165) is 6.42 Å². The molecule has 8 heteroatoms. The fourth-order valence-electron chi connectivity index (χ4n) is 1.37. The van der Waals surface area contributed by atoms with Crippen LogP contribution in [-0.4, -0.2) is 67.5 Å². The molecule has 5 atom stereocenters. The van der Waals surface area contributed by atoms with E-state index < -0.39 is 41.9 Å². The summed E-state index contributed by atoms with van der Waals surface area (Å²) in [7, 11) is 0. The van der Waals surface area contributed by atoms with Crippen molar-refractivity contribution >= 4 is 18.6 Å². The van der Waals surface area contributed by atoms with Crippen molar-refractivity contribution in [1.82, 2.24) is 0 Å². The monoisotopic (exact) mass is 253 g/mol. The maximum atomic E-state index is 10.8.